The normalized spacial score (nSPS) is 13.3. The van der Waals surface area contributed by atoms with E-state index in [4.69, 9.17) is 39.5 Å². The molecule has 0 spiro atoms. The molecule has 0 fully saturated rings. The largest absolute Gasteiger partial charge is 0.423 e. The lowest BCUT2D eigenvalue weighted by Crippen LogP contribution is -2.32. The van der Waals surface area contributed by atoms with Gasteiger partial charge in [0.15, 0.2) is 0 Å². The van der Waals surface area contributed by atoms with Crippen molar-refractivity contribution in [1.29, 1.82) is 0 Å². The van der Waals surface area contributed by atoms with Crippen molar-refractivity contribution in [2.45, 2.75) is 0 Å². The lowest BCUT2D eigenvalue weighted by atomic mass is 10.2. The summed E-state index contributed by atoms with van der Waals surface area (Å²) < 4.78 is 5.27. The van der Waals surface area contributed by atoms with Gasteiger partial charge in [0.25, 0.3) is 11.8 Å². The van der Waals surface area contributed by atoms with E-state index < -0.39 is 17.8 Å². The van der Waals surface area contributed by atoms with E-state index >= 15 is 0 Å². The number of nitrogens with one attached hydrogen (secondary N) is 1. The summed E-state index contributed by atoms with van der Waals surface area (Å²) in [4.78, 5) is 49.5. The van der Waals surface area contributed by atoms with E-state index in [1.54, 1.807) is 6.07 Å². The molecule has 0 atom stereocenters. The Morgan fingerprint density at radius 1 is 0.882 bits per heavy atom. The average Bonchev–Trinajstić information content (AvgIpc) is 3.05. The molecule has 0 bridgehead atoms. The zero-order chi connectivity index (χ0) is 24.4. The number of anilines is 2. The molecular weight excluding hydrogens is 503 g/mol. The maximum atomic E-state index is 12.9. The van der Waals surface area contributed by atoms with Crippen LogP contribution in [-0.4, -0.2) is 24.1 Å². The predicted molar refractivity (Wildman–Crippen MR) is 129 cm³/mol. The molecule has 0 saturated heterocycles. The van der Waals surface area contributed by atoms with Gasteiger partial charge in [-0.3, -0.25) is 14.4 Å². The van der Waals surface area contributed by atoms with Crippen LogP contribution in [0.5, 0.6) is 5.75 Å². The second kappa shape index (κ2) is 9.69. The SMILES string of the molecule is O=Cc1ccc(OC(=O)c2ccc(NC3=C(Cl)C(=O)N(c4cccc(Cl)c4Cl)C3=O)cc2)cc1. The minimum atomic E-state index is -0.751. The third-order valence-corrected chi connectivity index (χ3v) is 5.98. The first kappa shape index (κ1) is 23.5. The van der Waals surface area contributed by atoms with Gasteiger partial charge in [-0.05, 0) is 60.7 Å². The van der Waals surface area contributed by atoms with Crippen LogP contribution in [0.1, 0.15) is 20.7 Å². The summed E-state index contributed by atoms with van der Waals surface area (Å²) in [6.45, 7) is 0. The lowest BCUT2D eigenvalue weighted by Gasteiger charge is -2.17. The quantitative estimate of drug-likeness (QED) is 0.203. The minimum Gasteiger partial charge on any atom is -0.423 e. The number of amides is 2. The Kier molecular flexibility index (Phi) is 6.70. The van der Waals surface area contributed by atoms with Crippen molar-refractivity contribution in [3.05, 3.63) is 98.6 Å². The van der Waals surface area contributed by atoms with Crippen LogP contribution in [0.4, 0.5) is 11.4 Å². The van der Waals surface area contributed by atoms with Crippen LogP contribution in [-0.2, 0) is 9.59 Å². The van der Waals surface area contributed by atoms with Gasteiger partial charge in [0.1, 0.15) is 22.8 Å². The van der Waals surface area contributed by atoms with Gasteiger partial charge in [-0.1, -0.05) is 40.9 Å². The predicted octanol–water partition coefficient (Wildman–Crippen LogP) is 5.46. The van der Waals surface area contributed by atoms with E-state index in [2.05, 4.69) is 5.32 Å². The molecule has 4 rings (SSSR count). The third kappa shape index (κ3) is 4.54. The Hall–Kier alpha value is -3.65. The van der Waals surface area contributed by atoms with Crippen LogP contribution in [0.25, 0.3) is 0 Å². The van der Waals surface area contributed by atoms with Crippen molar-refractivity contribution >= 4 is 70.2 Å². The Bertz CT molecular complexity index is 1350. The molecule has 0 radical (unpaired) electrons. The highest BCUT2D eigenvalue weighted by Gasteiger charge is 2.40. The Morgan fingerprint density at radius 2 is 1.56 bits per heavy atom. The number of rotatable bonds is 6. The topological polar surface area (TPSA) is 92.8 Å². The Balaban J connectivity index is 1.48. The first-order valence-electron chi connectivity index (χ1n) is 9.67. The maximum Gasteiger partial charge on any atom is 0.343 e. The number of imide groups is 1. The number of carbonyl (C=O) groups excluding carboxylic acids is 4. The number of aldehydes is 1. The molecule has 1 N–H and O–H groups in total. The van der Waals surface area contributed by atoms with Crippen molar-refractivity contribution in [2.24, 2.45) is 0 Å². The molecule has 0 saturated carbocycles. The van der Waals surface area contributed by atoms with Gasteiger partial charge in [-0.15, -0.1) is 0 Å². The number of carbonyl (C=O) groups is 4. The van der Waals surface area contributed by atoms with Crippen LogP contribution in [0.15, 0.2) is 77.5 Å². The number of halogens is 3. The molecule has 170 valence electrons. The summed E-state index contributed by atoms with van der Waals surface area (Å²) in [5.74, 6) is -1.79. The van der Waals surface area contributed by atoms with E-state index in [1.165, 1.54) is 60.7 Å². The van der Waals surface area contributed by atoms with Gasteiger partial charge in [-0.25, -0.2) is 9.69 Å². The monoisotopic (exact) mass is 514 g/mol. The molecule has 3 aromatic rings. The number of ether oxygens (including phenoxy) is 1. The number of esters is 1. The van der Waals surface area contributed by atoms with Gasteiger partial charge in [0.05, 0.1) is 21.3 Å². The molecule has 1 aliphatic heterocycles. The van der Waals surface area contributed by atoms with Gasteiger partial charge in [0.2, 0.25) is 0 Å². The van der Waals surface area contributed by atoms with Crippen LogP contribution >= 0.6 is 34.8 Å². The molecule has 34 heavy (non-hydrogen) atoms. The number of hydrogen-bond acceptors (Lipinski definition) is 6. The van der Waals surface area contributed by atoms with E-state index in [9.17, 15) is 19.2 Å². The highest BCUT2D eigenvalue weighted by molar-refractivity contribution is 6.54. The summed E-state index contributed by atoms with van der Waals surface area (Å²) in [7, 11) is 0. The zero-order valence-electron chi connectivity index (χ0n) is 17.1. The molecule has 0 unspecified atom stereocenters. The summed E-state index contributed by atoms with van der Waals surface area (Å²) >= 11 is 18.3. The van der Waals surface area contributed by atoms with Crippen molar-refractivity contribution in [1.82, 2.24) is 0 Å². The molecule has 0 aliphatic carbocycles. The first-order chi connectivity index (χ1) is 16.3. The zero-order valence-corrected chi connectivity index (χ0v) is 19.3. The lowest BCUT2D eigenvalue weighted by molar-refractivity contribution is -0.120. The van der Waals surface area contributed by atoms with Crippen molar-refractivity contribution < 1.29 is 23.9 Å². The first-order valence-corrected chi connectivity index (χ1v) is 10.8. The highest BCUT2D eigenvalue weighted by Crippen LogP contribution is 2.37. The van der Waals surface area contributed by atoms with E-state index in [0.29, 0.717) is 17.5 Å². The summed E-state index contributed by atoms with van der Waals surface area (Å²) in [6, 6.07) is 16.6. The van der Waals surface area contributed by atoms with Crippen molar-refractivity contribution in [2.75, 3.05) is 10.2 Å². The summed E-state index contributed by atoms with van der Waals surface area (Å²) in [6.07, 6.45) is 0.685. The summed E-state index contributed by atoms with van der Waals surface area (Å²) in [5.41, 5.74) is 1.07. The smallest absolute Gasteiger partial charge is 0.343 e. The number of nitrogens with zero attached hydrogens (tertiary/aromatic N) is 1. The average molecular weight is 516 g/mol. The summed E-state index contributed by atoms with van der Waals surface area (Å²) in [5, 5.41) is 2.71. The molecule has 7 nitrogen and oxygen atoms in total. The maximum absolute atomic E-state index is 12.9. The molecule has 1 aliphatic rings. The number of hydrogen-bond donors (Lipinski definition) is 1. The molecule has 2 amide bonds. The van der Waals surface area contributed by atoms with Crippen LogP contribution in [0.3, 0.4) is 0 Å². The Morgan fingerprint density at radius 3 is 2.21 bits per heavy atom. The van der Waals surface area contributed by atoms with Crippen LogP contribution in [0.2, 0.25) is 10.0 Å². The van der Waals surface area contributed by atoms with E-state index in [1.807, 2.05) is 0 Å². The van der Waals surface area contributed by atoms with Crippen molar-refractivity contribution in [3.8, 4) is 5.75 Å². The molecular formula is C24H13Cl3N2O5. The van der Waals surface area contributed by atoms with Gasteiger partial charge in [0, 0.05) is 11.3 Å². The molecule has 1 heterocycles. The molecule has 3 aromatic carbocycles. The standard InChI is InChI=1S/C24H13Cl3N2O5/c25-17-2-1-3-18(19(17)26)29-22(31)20(27)21(23(29)32)28-15-8-6-14(7-9-15)24(33)34-16-10-4-13(12-30)5-11-16/h1-12,28H. The fraction of sp³-hybridized carbons (Fsp3) is 0. The fourth-order valence-corrected chi connectivity index (χ4v) is 3.70. The van der Waals surface area contributed by atoms with E-state index in [0.717, 1.165) is 4.90 Å². The second-order valence-electron chi connectivity index (χ2n) is 6.99. The number of benzene rings is 3. The van der Waals surface area contributed by atoms with Crippen LogP contribution in [0, 0.1) is 0 Å². The van der Waals surface area contributed by atoms with Crippen LogP contribution < -0.4 is 15.0 Å². The molecule has 10 heteroatoms. The molecule has 0 aromatic heterocycles. The Labute approximate surface area is 208 Å². The third-order valence-electron chi connectivity index (χ3n) is 4.82. The van der Waals surface area contributed by atoms with Gasteiger partial charge < -0.3 is 10.1 Å². The van der Waals surface area contributed by atoms with Gasteiger partial charge in [-0.2, -0.15) is 0 Å². The van der Waals surface area contributed by atoms with Gasteiger partial charge >= 0.3 is 5.97 Å². The fourth-order valence-electron chi connectivity index (χ4n) is 3.11. The highest BCUT2D eigenvalue weighted by atomic mass is 35.5. The van der Waals surface area contributed by atoms with E-state index in [-0.39, 0.29) is 37.8 Å². The second-order valence-corrected chi connectivity index (χ2v) is 8.15. The minimum absolute atomic E-state index is 0.0419. The van der Waals surface area contributed by atoms with Crippen molar-refractivity contribution in [3.63, 3.8) is 0 Å².